The van der Waals surface area contributed by atoms with E-state index in [4.69, 9.17) is 0 Å². The van der Waals surface area contributed by atoms with Gasteiger partial charge in [0.25, 0.3) is 0 Å². The summed E-state index contributed by atoms with van der Waals surface area (Å²) in [6.45, 7) is 4.45. The second-order valence-electron chi connectivity index (χ2n) is 2.43. The molecular formula is C8H19NS. The molecule has 0 aliphatic carbocycles. The summed E-state index contributed by atoms with van der Waals surface area (Å²) in [6.07, 6.45) is 2.60. The van der Waals surface area contributed by atoms with Crippen LogP contribution in [0.5, 0.6) is 0 Å². The lowest BCUT2D eigenvalue weighted by molar-refractivity contribution is 0.565. The molecule has 1 N–H and O–H groups in total. The van der Waals surface area contributed by atoms with Crippen LogP contribution in [-0.2, 0) is 0 Å². The van der Waals surface area contributed by atoms with Gasteiger partial charge in [0.15, 0.2) is 0 Å². The van der Waals surface area contributed by atoms with Crippen LogP contribution in [0, 0.1) is 0 Å². The maximum atomic E-state index is 3.32. The minimum Gasteiger partial charge on any atom is -0.316 e. The molecule has 0 aromatic heterocycles. The number of hydrogen-bond donors (Lipinski definition) is 1. The predicted octanol–water partition coefficient (Wildman–Crippen LogP) is 2.13. The summed E-state index contributed by atoms with van der Waals surface area (Å²) in [5, 5.41) is 3.32. The molecule has 1 atom stereocenters. The van der Waals surface area contributed by atoms with Crippen molar-refractivity contribution in [2.75, 3.05) is 18.6 Å². The summed E-state index contributed by atoms with van der Waals surface area (Å²) >= 11 is 2.02. The molecule has 10 heavy (non-hydrogen) atoms. The molecular weight excluding hydrogens is 142 g/mol. The van der Waals surface area contributed by atoms with Crippen molar-refractivity contribution in [1.29, 1.82) is 0 Å². The fraction of sp³-hybridized carbons (Fsp3) is 1.00. The lowest BCUT2D eigenvalue weighted by Gasteiger charge is -2.13. The largest absolute Gasteiger partial charge is 0.316 e. The third-order valence-corrected chi connectivity index (χ3v) is 2.61. The van der Waals surface area contributed by atoms with E-state index in [-0.39, 0.29) is 0 Å². The number of thioether (sulfide) groups is 1. The Bertz CT molecular complexity index is 66.3. The Morgan fingerprint density at radius 2 is 2.10 bits per heavy atom. The molecule has 1 unspecified atom stereocenters. The van der Waals surface area contributed by atoms with Crippen molar-refractivity contribution in [1.82, 2.24) is 5.32 Å². The maximum Gasteiger partial charge on any atom is 0.0155 e. The van der Waals surface area contributed by atoms with Crippen LogP contribution in [0.3, 0.4) is 0 Å². The van der Waals surface area contributed by atoms with Gasteiger partial charge in [0.2, 0.25) is 0 Å². The molecule has 0 heterocycles. The van der Waals surface area contributed by atoms with E-state index in [0.717, 1.165) is 6.04 Å². The first-order valence-electron chi connectivity index (χ1n) is 4.10. The number of rotatable bonds is 6. The van der Waals surface area contributed by atoms with Gasteiger partial charge in [-0.15, -0.1) is 0 Å². The smallest absolute Gasteiger partial charge is 0.0155 e. The highest BCUT2D eigenvalue weighted by molar-refractivity contribution is 7.99. The molecule has 0 bridgehead atoms. The van der Waals surface area contributed by atoms with E-state index < -0.39 is 0 Å². The van der Waals surface area contributed by atoms with Gasteiger partial charge in [0.05, 0.1) is 0 Å². The maximum absolute atomic E-state index is 3.32. The fourth-order valence-corrected chi connectivity index (χ4v) is 1.77. The van der Waals surface area contributed by atoms with Crippen LogP contribution < -0.4 is 5.32 Å². The quantitative estimate of drug-likeness (QED) is 0.640. The standard InChI is InChI=1S/C8H19NS/c1-4-6-8(9-3)7-10-5-2/h8-9H,4-7H2,1-3H3. The van der Waals surface area contributed by atoms with Gasteiger partial charge < -0.3 is 5.32 Å². The zero-order valence-electron chi connectivity index (χ0n) is 7.31. The van der Waals surface area contributed by atoms with Crippen LogP contribution in [0.15, 0.2) is 0 Å². The van der Waals surface area contributed by atoms with Crippen molar-refractivity contribution >= 4 is 11.8 Å². The first-order chi connectivity index (χ1) is 4.85. The van der Waals surface area contributed by atoms with Crippen molar-refractivity contribution in [3.63, 3.8) is 0 Å². The van der Waals surface area contributed by atoms with Crippen LogP contribution in [0.1, 0.15) is 26.7 Å². The van der Waals surface area contributed by atoms with Crippen molar-refractivity contribution in [3.8, 4) is 0 Å². The minimum atomic E-state index is 0.731. The first kappa shape index (κ1) is 10.3. The monoisotopic (exact) mass is 161 g/mol. The summed E-state index contributed by atoms with van der Waals surface area (Å²) in [5.41, 5.74) is 0. The third-order valence-electron chi connectivity index (χ3n) is 1.57. The van der Waals surface area contributed by atoms with Gasteiger partial charge in [-0.25, -0.2) is 0 Å². The lowest BCUT2D eigenvalue weighted by Crippen LogP contribution is -2.27. The van der Waals surface area contributed by atoms with E-state index in [1.807, 2.05) is 11.8 Å². The molecule has 0 fully saturated rings. The van der Waals surface area contributed by atoms with E-state index in [2.05, 4.69) is 26.2 Å². The molecule has 0 aromatic rings. The third kappa shape index (κ3) is 5.12. The highest BCUT2D eigenvalue weighted by Gasteiger charge is 2.02. The average Bonchev–Trinajstić information content (AvgIpc) is 1.98. The Morgan fingerprint density at radius 3 is 2.50 bits per heavy atom. The van der Waals surface area contributed by atoms with Gasteiger partial charge in [-0.2, -0.15) is 11.8 Å². The molecule has 2 heteroatoms. The van der Waals surface area contributed by atoms with Crippen LogP contribution in [0.25, 0.3) is 0 Å². The Hall–Kier alpha value is 0.310. The summed E-state index contributed by atoms with van der Waals surface area (Å²) in [5.74, 6) is 2.50. The molecule has 0 aliphatic heterocycles. The molecule has 0 radical (unpaired) electrons. The fourth-order valence-electron chi connectivity index (χ4n) is 0.920. The van der Waals surface area contributed by atoms with Crippen molar-refractivity contribution in [2.45, 2.75) is 32.7 Å². The minimum absolute atomic E-state index is 0.731. The van der Waals surface area contributed by atoms with E-state index in [1.165, 1.54) is 24.3 Å². The normalized spacial score (nSPS) is 13.5. The zero-order valence-corrected chi connectivity index (χ0v) is 8.13. The van der Waals surface area contributed by atoms with Gasteiger partial charge in [-0.05, 0) is 19.2 Å². The first-order valence-corrected chi connectivity index (χ1v) is 5.25. The molecule has 0 saturated heterocycles. The molecule has 0 aliphatic rings. The molecule has 1 nitrogen and oxygen atoms in total. The van der Waals surface area contributed by atoms with Crippen molar-refractivity contribution in [2.24, 2.45) is 0 Å². The van der Waals surface area contributed by atoms with E-state index in [1.54, 1.807) is 0 Å². The van der Waals surface area contributed by atoms with E-state index >= 15 is 0 Å². The molecule has 0 rings (SSSR count). The molecule has 0 saturated carbocycles. The average molecular weight is 161 g/mol. The van der Waals surface area contributed by atoms with Crippen LogP contribution in [0.4, 0.5) is 0 Å². The van der Waals surface area contributed by atoms with Crippen molar-refractivity contribution in [3.05, 3.63) is 0 Å². The van der Waals surface area contributed by atoms with Gasteiger partial charge in [0.1, 0.15) is 0 Å². The molecule has 0 spiro atoms. The van der Waals surface area contributed by atoms with Crippen LogP contribution in [-0.4, -0.2) is 24.6 Å². The van der Waals surface area contributed by atoms with Crippen LogP contribution >= 0.6 is 11.8 Å². The Labute approximate surface area is 69.0 Å². The van der Waals surface area contributed by atoms with Crippen LogP contribution in [0.2, 0.25) is 0 Å². The van der Waals surface area contributed by atoms with E-state index in [9.17, 15) is 0 Å². The summed E-state index contributed by atoms with van der Waals surface area (Å²) < 4.78 is 0. The Balaban J connectivity index is 3.21. The topological polar surface area (TPSA) is 12.0 Å². The van der Waals surface area contributed by atoms with E-state index in [0.29, 0.717) is 0 Å². The second kappa shape index (κ2) is 7.42. The van der Waals surface area contributed by atoms with Gasteiger partial charge >= 0.3 is 0 Å². The predicted molar refractivity (Wildman–Crippen MR) is 50.8 cm³/mol. The summed E-state index contributed by atoms with van der Waals surface area (Å²) in [7, 11) is 2.05. The summed E-state index contributed by atoms with van der Waals surface area (Å²) in [6, 6.07) is 0.731. The molecule has 0 amide bonds. The Kier molecular flexibility index (Phi) is 7.65. The van der Waals surface area contributed by atoms with Crippen molar-refractivity contribution < 1.29 is 0 Å². The SMILES string of the molecule is CCCC(CSCC)NC. The van der Waals surface area contributed by atoms with Gasteiger partial charge in [0, 0.05) is 11.8 Å². The van der Waals surface area contributed by atoms with Gasteiger partial charge in [-0.1, -0.05) is 20.3 Å². The highest BCUT2D eigenvalue weighted by atomic mass is 32.2. The Morgan fingerprint density at radius 1 is 1.40 bits per heavy atom. The van der Waals surface area contributed by atoms with Gasteiger partial charge in [-0.3, -0.25) is 0 Å². The number of nitrogens with one attached hydrogen (secondary N) is 1. The molecule has 62 valence electrons. The molecule has 0 aromatic carbocycles. The zero-order chi connectivity index (χ0) is 7.82. The number of hydrogen-bond acceptors (Lipinski definition) is 2. The second-order valence-corrected chi connectivity index (χ2v) is 3.75. The lowest BCUT2D eigenvalue weighted by atomic mass is 10.2. The highest BCUT2D eigenvalue weighted by Crippen LogP contribution is 2.05. The summed E-state index contributed by atoms with van der Waals surface area (Å²) in [4.78, 5) is 0.